The van der Waals surface area contributed by atoms with Crippen molar-refractivity contribution in [1.29, 1.82) is 0 Å². The molecule has 0 spiro atoms. The number of carbonyl (C=O) groups is 2. The number of anilines is 2. The summed E-state index contributed by atoms with van der Waals surface area (Å²) in [5, 5.41) is 0. The number of hydrogen-bond acceptors (Lipinski definition) is 3. The van der Waals surface area contributed by atoms with Crippen molar-refractivity contribution in [2.45, 2.75) is 12.6 Å². The Labute approximate surface area is 128 Å². The van der Waals surface area contributed by atoms with Crippen molar-refractivity contribution in [3.63, 3.8) is 0 Å². The van der Waals surface area contributed by atoms with E-state index < -0.39 is 0 Å². The van der Waals surface area contributed by atoms with Crippen LogP contribution in [-0.4, -0.2) is 24.4 Å². The number of hydrogen-bond donors (Lipinski definition) is 0. The molecule has 22 heavy (non-hydrogen) atoms. The summed E-state index contributed by atoms with van der Waals surface area (Å²) >= 11 is 0. The maximum absolute atomic E-state index is 13.0. The standard InChI is InChI=1S/C18H14N2O2/c21-16-11-5-1-4-8-15(11)20-17-13(16)9-10-19(17)14-7-3-2-6-12(14)18(20)22/h1-8,13,17H,9-10H2. The van der Waals surface area contributed by atoms with Gasteiger partial charge in [0.05, 0.1) is 22.9 Å². The predicted molar refractivity (Wildman–Crippen MR) is 83.3 cm³/mol. The number of amides is 1. The molecule has 3 aliphatic heterocycles. The third-order valence-electron chi connectivity index (χ3n) is 5.05. The Morgan fingerprint density at radius 1 is 0.864 bits per heavy atom. The first kappa shape index (κ1) is 12.0. The Kier molecular flexibility index (Phi) is 2.16. The fraction of sp³-hybridized carbons (Fsp3) is 0.222. The lowest BCUT2D eigenvalue weighted by Crippen LogP contribution is -2.58. The largest absolute Gasteiger partial charge is 0.349 e. The average molecular weight is 290 g/mol. The first-order chi connectivity index (χ1) is 10.8. The Morgan fingerprint density at radius 3 is 2.36 bits per heavy atom. The number of carbonyl (C=O) groups excluding carboxylic acids is 2. The monoisotopic (exact) mass is 290 g/mol. The number of fused-ring (bicyclic) bond motifs is 4. The molecule has 2 unspecified atom stereocenters. The topological polar surface area (TPSA) is 40.6 Å². The molecule has 2 atom stereocenters. The van der Waals surface area contributed by atoms with Crippen LogP contribution in [-0.2, 0) is 0 Å². The first-order valence-corrected chi connectivity index (χ1v) is 7.60. The van der Waals surface area contributed by atoms with E-state index in [0.29, 0.717) is 5.56 Å². The summed E-state index contributed by atoms with van der Waals surface area (Å²) in [5.74, 6) is 0.0578. The van der Waals surface area contributed by atoms with Gasteiger partial charge in [-0.2, -0.15) is 0 Å². The number of nitrogens with zero attached hydrogens (tertiary/aromatic N) is 2. The quantitative estimate of drug-likeness (QED) is 0.749. The van der Waals surface area contributed by atoms with Crippen molar-refractivity contribution < 1.29 is 9.59 Å². The summed E-state index contributed by atoms with van der Waals surface area (Å²) in [6, 6.07) is 15.2. The molecular weight excluding hydrogens is 276 g/mol. The molecular formula is C18H14N2O2. The fourth-order valence-corrected chi connectivity index (χ4v) is 4.12. The summed E-state index contributed by atoms with van der Waals surface area (Å²) in [6.45, 7) is 0.815. The third-order valence-corrected chi connectivity index (χ3v) is 5.05. The minimum atomic E-state index is -0.162. The summed E-state index contributed by atoms with van der Waals surface area (Å²) in [7, 11) is 0. The molecule has 5 rings (SSSR count). The highest BCUT2D eigenvalue weighted by Gasteiger charge is 2.52. The van der Waals surface area contributed by atoms with Crippen LogP contribution < -0.4 is 9.80 Å². The number of Topliss-reactive ketones (excluding diaryl/α,β-unsaturated/α-hetero) is 1. The summed E-state index contributed by atoms with van der Waals surface area (Å²) < 4.78 is 0. The van der Waals surface area contributed by atoms with Crippen molar-refractivity contribution in [1.82, 2.24) is 0 Å². The fourth-order valence-electron chi connectivity index (χ4n) is 4.12. The van der Waals surface area contributed by atoms with Crippen LogP contribution in [0.5, 0.6) is 0 Å². The molecule has 2 aromatic rings. The van der Waals surface area contributed by atoms with Gasteiger partial charge in [0.15, 0.2) is 5.78 Å². The van der Waals surface area contributed by atoms with Crippen LogP contribution in [0.15, 0.2) is 48.5 Å². The second kappa shape index (κ2) is 3.97. The van der Waals surface area contributed by atoms with E-state index >= 15 is 0 Å². The second-order valence-electron chi connectivity index (χ2n) is 6.08. The van der Waals surface area contributed by atoms with Gasteiger partial charge in [0.1, 0.15) is 6.17 Å². The molecule has 4 heteroatoms. The van der Waals surface area contributed by atoms with Gasteiger partial charge >= 0.3 is 0 Å². The molecule has 2 aromatic carbocycles. The molecule has 0 aliphatic carbocycles. The van der Waals surface area contributed by atoms with Gasteiger partial charge in [0.2, 0.25) is 0 Å². The minimum Gasteiger partial charge on any atom is -0.349 e. The van der Waals surface area contributed by atoms with Gasteiger partial charge in [-0.05, 0) is 30.7 Å². The van der Waals surface area contributed by atoms with Gasteiger partial charge in [0.25, 0.3) is 5.91 Å². The van der Waals surface area contributed by atoms with E-state index in [-0.39, 0.29) is 23.8 Å². The number of para-hydroxylation sites is 2. The van der Waals surface area contributed by atoms with Crippen LogP contribution in [0.4, 0.5) is 11.4 Å². The van der Waals surface area contributed by atoms with Crippen LogP contribution >= 0.6 is 0 Å². The van der Waals surface area contributed by atoms with Crippen LogP contribution in [0, 0.1) is 5.92 Å². The maximum atomic E-state index is 13.0. The van der Waals surface area contributed by atoms with Gasteiger partial charge in [-0.15, -0.1) is 0 Å². The molecule has 0 bridgehead atoms. The Morgan fingerprint density at radius 2 is 1.55 bits per heavy atom. The highest BCUT2D eigenvalue weighted by atomic mass is 16.2. The molecule has 1 amide bonds. The van der Waals surface area contributed by atoms with E-state index in [2.05, 4.69) is 4.90 Å². The van der Waals surface area contributed by atoms with Gasteiger partial charge in [-0.3, -0.25) is 14.5 Å². The Bertz CT molecular complexity index is 829. The zero-order valence-corrected chi connectivity index (χ0v) is 11.9. The van der Waals surface area contributed by atoms with Crippen molar-refractivity contribution in [3.05, 3.63) is 59.7 Å². The summed E-state index contributed by atoms with van der Waals surface area (Å²) in [6.07, 6.45) is 0.639. The van der Waals surface area contributed by atoms with Crippen LogP contribution in [0.3, 0.4) is 0 Å². The average Bonchev–Trinajstić information content (AvgIpc) is 3.00. The van der Waals surface area contributed by atoms with E-state index in [4.69, 9.17) is 0 Å². The van der Waals surface area contributed by atoms with E-state index in [9.17, 15) is 9.59 Å². The molecule has 3 aliphatic rings. The van der Waals surface area contributed by atoms with E-state index in [1.165, 1.54) is 0 Å². The zero-order chi connectivity index (χ0) is 14.8. The summed E-state index contributed by atoms with van der Waals surface area (Å²) in [4.78, 5) is 29.9. The smallest absolute Gasteiger partial charge is 0.262 e. The molecule has 0 saturated carbocycles. The maximum Gasteiger partial charge on any atom is 0.262 e. The van der Waals surface area contributed by atoms with Crippen molar-refractivity contribution >= 4 is 23.1 Å². The van der Waals surface area contributed by atoms with Gasteiger partial charge < -0.3 is 4.90 Å². The Hall–Kier alpha value is -2.62. The SMILES string of the molecule is O=C1c2ccccc2N2C(=O)c3ccccc3N3CCC1C32. The molecule has 108 valence electrons. The number of ketones is 1. The predicted octanol–water partition coefficient (Wildman–Crippen LogP) is 2.70. The van der Waals surface area contributed by atoms with Crippen molar-refractivity contribution in [2.24, 2.45) is 5.92 Å². The molecule has 1 saturated heterocycles. The van der Waals surface area contributed by atoms with Gasteiger partial charge in [-0.25, -0.2) is 0 Å². The minimum absolute atomic E-state index is 0.00343. The lowest BCUT2D eigenvalue weighted by Gasteiger charge is -2.46. The number of rotatable bonds is 0. The Balaban J connectivity index is 1.80. The molecule has 0 aromatic heterocycles. The molecule has 4 nitrogen and oxygen atoms in total. The highest BCUT2D eigenvalue weighted by molar-refractivity contribution is 6.18. The normalized spacial score (nSPS) is 24.9. The van der Waals surface area contributed by atoms with Crippen LogP contribution in [0.2, 0.25) is 0 Å². The third kappa shape index (κ3) is 1.28. The zero-order valence-electron chi connectivity index (χ0n) is 11.9. The lowest BCUT2D eigenvalue weighted by molar-refractivity contribution is 0.0874. The van der Waals surface area contributed by atoms with E-state index in [1.54, 1.807) is 0 Å². The first-order valence-electron chi connectivity index (χ1n) is 7.60. The lowest BCUT2D eigenvalue weighted by atomic mass is 9.86. The van der Waals surface area contributed by atoms with Crippen LogP contribution in [0.25, 0.3) is 0 Å². The number of benzene rings is 2. The molecule has 3 heterocycles. The summed E-state index contributed by atoms with van der Waals surface area (Å²) in [5.41, 5.74) is 3.12. The molecule has 0 N–H and O–H groups in total. The van der Waals surface area contributed by atoms with Crippen molar-refractivity contribution in [3.8, 4) is 0 Å². The van der Waals surface area contributed by atoms with Crippen LogP contribution in [0.1, 0.15) is 27.1 Å². The molecule has 1 fully saturated rings. The second-order valence-corrected chi connectivity index (χ2v) is 6.08. The van der Waals surface area contributed by atoms with E-state index in [0.717, 1.165) is 29.9 Å². The molecule has 0 radical (unpaired) electrons. The van der Waals surface area contributed by atoms with Gasteiger partial charge in [0, 0.05) is 12.1 Å². The van der Waals surface area contributed by atoms with Gasteiger partial charge in [-0.1, -0.05) is 24.3 Å². The highest BCUT2D eigenvalue weighted by Crippen LogP contribution is 2.46. The van der Waals surface area contributed by atoms with E-state index in [1.807, 2.05) is 53.4 Å². The van der Waals surface area contributed by atoms with Crippen molar-refractivity contribution in [2.75, 3.05) is 16.3 Å².